The van der Waals surface area contributed by atoms with Gasteiger partial charge in [0, 0.05) is 14.7 Å². The summed E-state index contributed by atoms with van der Waals surface area (Å²) < 4.78 is 0. The molecule has 0 saturated heterocycles. The van der Waals surface area contributed by atoms with Crippen molar-refractivity contribution in [2.24, 2.45) is 0 Å². The maximum atomic E-state index is 4.26. The molecule has 0 N–H and O–H groups in total. The molecule has 0 atom stereocenters. The van der Waals surface area contributed by atoms with Crippen molar-refractivity contribution in [1.29, 1.82) is 0 Å². The first kappa shape index (κ1) is 8.37. The second kappa shape index (κ2) is 3.11. The van der Waals surface area contributed by atoms with Gasteiger partial charge in [0.05, 0.1) is 0 Å². The highest BCUT2D eigenvalue weighted by atomic mass is 32.1. The van der Waals surface area contributed by atoms with Crippen LogP contribution >= 0.6 is 37.9 Å². The molecule has 10 heavy (non-hydrogen) atoms. The summed E-state index contributed by atoms with van der Waals surface area (Å²) in [6, 6.07) is 3.81. The Morgan fingerprint density at radius 2 is 1.50 bits per heavy atom. The normalized spacial score (nSPS) is 10.0. The number of rotatable bonds is 0. The maximum absolute atomic E-state index is 4.26. The van der Waals surface area contributed by atoms with Gasteiger partial charge in [-0.3, -0.25) is 0 Å². The summed E-state index contributed by atoms with van der Waals surface area (Å²) >= 11 is 12.7. The molecule has 0 aliphatic rings. The lowest BCUT2D eigenvalue weighted by atomic mass is 10.2. The van der Waals surface area contributed by atoms with E-state index in [-0.39, 0.29) is 0 Å². The molecule has 0 aliphatic carbocycles. The molecule has 3 heteroatoms. The minimum Gasteiger partial charge on any atom is -0.143 e. The molecular formula is C7H8S3. The molecule has 0 saturated carbocycles. The van der Waals surface area contributed by atoms with Gasteiger partial charge in [0.2, 0.25) is 0 Å². The fourth-order valence-corrected chi connectivity index (χ4v) is 1.39. The summed E-state index contributed by atoms with van der Waals surface area (Å²) in [5.41, 5.74) is 1.08. The van der Waals surface area contributed by atoms with Crippen molar-refractivity contribution in [3.8, 4) is 0 Å². The molecule has 1 rings (SSSR count). The summed E-state index contributed by atoms with van der Waals surface area (Å²) in [5.74, 6) is 0. The van der Waals surface area contributed by atoms with Gasteiger partial charge in [-0.15, -0.1) is 37.9 Å². The van der Waals surface area contributed by atoms with Gasteiger partial charge >= 0.3 is 0 Å². The van der Waals surface area contributed by atoms with Crippen molar-refractivity contribution in [2.75, 3.05) is 0 Å². The molecule has 54 valence electrons. The third-order valence-electron chi connectivity index (χ3n) is 1.38. The Kier molecular flexibility index (Phi) is 2.61. The van der Waals surface area contributed by atoms with E-state index in [1.807, 2.05) is 19.1 Å². The molecule has 0 amide bonds. The molecule has 0 heterocycles. The van der Waals surface area contributed by atoms with E-state index >= 15 is 0 Å². The lowest BCUT2D eigenvalue weighted by Gasteiger charge is -2.03. The van der Waals surface area contributed by atoms with Crippen LogP contribution in [-0.2, 0) is 0 Å². The predicted molar refractivity (Wildman–Crippen MR) is 52.9 cm³/mol. The minimum absolute atomic E-state index is 0.902. The monoisotopic (exact) mass is 188 g/mol. The van der Waals surface area contributed by atoms with Crippen LogP contribution in [0.3, 0.4) is 0 Å². The Morgan fingerprint density at radius 1 is 1.00 bits per heavy atom. The average molecular weight is 188 g/mol. The van der Waals surface area contributed by atoms with E-state index in [9.17, 15) is 0 Å². The number of benzene rings is 1. The van der Waals surface area contributed by atoms with E-state index in [1.165, 1.54) is 0 Å². The summed E-state index contributed by atoms with van der Waals surface area (Å²) in [7, 11) is 0. The standard InChI is InChI=1S/C7H8S3/c1-4-5(8)2-3-6(9)7(4)10/h2-3,8-10H,1H3. The molecule has 0 bridgehead atoms. The Morgan fingerprint density at radius 3 is 2.00 bits per heavy atom. The summed E-state index contributed by atoms with van der Waals surface area (Å²) in [4.78, 5) is 2.78. The Labute approximate surface area is 77.3 Å². The second-order valence-electron chi connectivity index (χ2n) is 2.08. The van der Waals surface area contributed by atoms with Gasteiger partial charge in [-0.1, -0.05) is 0 Å². The lowest BCUT2D eigenvalue weighted by Crippen LogP contribution is -1.80. The summed E-state index contributed by atoms with van der Waals surface area (Å²) in [5, 5.41) is 0. The SMILES string of the molecule is Cc1c(S)ccc(S)c1S. The van der Waals surface area contributed by atoms with E-state index in [0.717, 1.165) is 20.2 Å². The van der Waals surface area contributed by atoms with Crippen LogP contribution in [0.5, 0.6) is 0 Å². The van der Waals surface area contributed by atoms with Crippen molar-refractivity contribution in [2.45, 2.75) is 21.6 Å². The quantitative estimate of drug-likeness (QED) is 0.512. The zero-order chi connectivity index (χ0) is 7.72. The summed E-state index contributed by atoms with van der Waals surface area (Å²) in [6.45, 7) is 1.98. The topological polar surface area (TPSA) is 0 Å². The van der Waals surface area contributed by atoms with Gasteiger partial charge in [-0.25, -0.2) is 0 Å². The van der Waals surface area contributed by atoms with Crippen molar-refractivity contribution >= 4 is 37.9 Å². The fraction of sp³-hybridized carbons (Fsp3) is 0.143. The van der Waals surface area contributed by atoms with Crippen LogP contribution < -0.4 is 0 Å². The zero-order valence-corrected chi connectivity index (χ0v) is 8.18. The first-order chi connectivity index (χ1) is 4.63. The summed E-state index contributed by atoms with van der Waals surface area (Å²) in [6.07, 6.45) is 0. The predicted octanol–water partition coefficient (Wildman–Crippen LogP) is 2.86. The first-order valence-electron chi connectivity index (χ1n) is 2.83. The fourth-order valence-electron chi connectivity index (χ4n) is 0.675. The van der Waals surface area contributed by atoms with Crippen LogP contribution in [0.4, 0.5) is 0 Å². The van der Waals surface area contributed by atoms with Crippen LogP contribution in [0.15, 0.2) is 26.8 Å². The van der Waals surface area contributed by atoms with E-state index in [1.54, 1.807) is 0 Å². The second-order valence-corrected chi connectivity index (χ2v) is 3.49. The molecule has 0 nitrogen and oxygen atoms in total. The third kappa shape index (κ3) is 1.47. The van der Waals surface area contributed by atoms with Crippen molar-refractivity contribution < 1.29 is 0 Å². The molecule has 1 aromatic carbocycles. The first-order valence-corrected chi connectivity index (χ1v) is 4.17. The molecule has 0 aromatic heterocycles. The average Bonchev–Trinajstić information content (AvgIpc) is 1.93. The van der Waals surface area contributed by atoms with E-state index in [4.69, 9.17) is 0 Å². The van der Waals surface area contributed by atoms with Crippen LogP contribution in [0, 0.1) is 6.92 Å². The molecular weight excluding hydrogens is 180 g/mol. The van der Waals surface area contributed by atoms with Gasteiger partial charge in [0.15, 0.2) is 0 Å². The number of thiol groups is 3. The zero-order valence-electron chi connectivity index (χ0n) is 5.50. The molecule has 0 spiro atoms. The smallest absolute Gasteiger partial charge is 0.0214 e. The number of hydrogen-bond acceptors (Lipinski definition) is 3. The van der Waals surface area contributed by atoms with Gasteiger partial charge in [0.1, 0.15) is 0 Å². The highest BCUT2D eigenvalue weighted by Gasteiger charge is 2.00. The van der Waals surface area contributed by atoms with Crippen LogP contribution in [-0.4, -0.2) is 0 Å². The molecule has 1 aromatic rings. The van der Waals surface area contributed by atoms with E-state index in [2.05, 4.69) is 37.9 Å². The number of hydrogen-bond donors (Lipinski definition) is 3. The van der Waals surface area contributed by atoms with Crippen LogP contribution in [0.1, 0.15) is 5.56 Å². The highest BCUT2D eigenvalue weighted by molar-refractivity contribution is 7.83. The van der Waals surface area contributed by atoms with Gasteiger partial charge < -0.3 is 0 Å². The molecule has 0 fully saturated rings. The molecule has 0 radical (unpaired) electrons. The Hall–Kier alpha value is 0.270. The van der Waals surface area contributed by atoms with E-state index < -0.39 is 0 Å². The molecule has 0 aliphatic heterocycles. The van der Waals surface area contributed by atoms with Crippen LogP contribution in [0.2, 0.25) is 0 Å². The Balaban J connectivity index is 3.34. The Bertz CT molecular complexity index is 228. The van der Waals surface area contributed by atoms with Gasteiger partial charge in [0.25, 0.3) is 0 Å². The van der Waals surface area contributed by atoms with E-state index in [0.29, 0.717) is 0 Å². The third-order valence-corrected chi connectivity index (χ3v) is 2.99. The lowest BCUT2D eigenvalue weighted by molar-refractivity contribution is 1.11. The highest BCUT2D eigenvalue weighted by Crippen LogP contribution is 2.26. The maximum Gasteiger partial charge on any atom is 0.0214 e. The van der Waals surface area contributed by atoms with Crippen LogP contribution in [0.25, 0.3) is 0 Å². The minimum atomic E-state index is 0.902. The van der Waals surface area contributed by atoms with Crippen molar-refractivity contribution in [3.63, 3.8) is 0 Å². The largest absolute Gasteiger partial charge is 0.143 e. The van der Waals surface area contributed by atoms with Crippen molar-refractivity contribution in [3.05, 3.63) is 17.7 Å². The van der Waals surface area contributed by atoms with Crippen molar-refractivity contribution in [1.82, 2.24) is 0 Å². The van der Waals surface area contributed by atoms with Gasteiger partial charge in [-0.05, 0) is 24.6 Å². The van der Waals surface area contributed by atoms with Gasteiger partial charge in [-0.2, -0.15) is 0 Å². The molecule has 0 unspecified atom stereocenters.